The summed E-state index contributed by atoms with van der Waals surface area (Å²) in [6.45, 7) is 2.20. The summed E-state index contributed by atoms with van der Waals surface area (Å²) < 4.78 is 0. The molecule has 1 aliphatic rings. The summed E-state index contributed by atoms with van der Waals surface area (Å²) in [5.41, 5.74) is 0. The molecule has 0 spiro atoms. The maximum absolute atomic E-state index is 3.23. The zero-order chi connectivity index (χ0) is 5.82. The predicted molar refractivity (Wildman–Crippen MR) is 37.7 cm³/mol. The molecule has 1 heterocycles. The number of hydrogen-bond donors (Lipinski definition) is 1. The topological polar surface area (TPSA) is 12.0 Å². The molecule has 0 aromatic rings. The minimum atomic E-state index is 0.592. The van der Waals surface area contributed by atoms with Gasteiger partial charge in [0.15, 0.2) is 0 Å². The van der Waals surface area contributed by atoms with Crippen LogP contribution in [-0.2, 0) is 0 Å². The predicted octanol–water partition coefficient (Wildman–Crippen LogP) is 0.952. The molecule has 1 rings (SSSR count). The van der Waals surface area contributed by atoms with E-state index in [0.29, 0.717) is 5.92 Å². The lowest BCUT2D eigenvalue weighted by Crippen LogP contribution is -2.07. The lowest BCUT2D eigenvalue weighted by molar-refractivity contribution is 0.756. The van der Waals surface area contributed by atoms with Crippen LogP contribution in [0.5, 0.6) is 0 Å². The SMILES string of the molecule is BrC#CC1CCNC1. The van der Waals surface area contributed by atoms with E-state index in [1.807, 2.05) is 0 Å². The molecular formula is C6H8BrN. The maximum Gasteiger partial charge on any atom is 0.0348 e. The number of hydrogen-bond acceptors (Lipinski definition) is 1. The smallest absolute Gasteiger partial charge is 0.0348 e. The highest BCUT2D eigenvalue weighted by molar-refractivity contribution is 9.12. The van der Waals surface area contributed by atoms with Gasteiger partial charge < -0.3 is 5.32 Å². The Morgan fingerprint density at radius 1 is 1.62 bits per heavy atom. The first-order valence-electron chi connectivity index (χ1n) is 2.75. The number of nitrogens with one attached hydrogen (secondary N) is 1. The maximum atomic E-state index is 3.23. The van der Waals surface area contributed by atoms with Crippen molar-refractivity contribution in [3.63, 3.8) is 0 Å². The van der Waals surface area contributed by atoms with Crippen LogP contribution in [0.1, 0.15) is 6.42 Å². The minimum Gasteiger partial charge on any atom is -0.315 e. The largest absolute Gasteiger partial charge is 0.315 e. The number of rotatable bonds is 0. The fourth-order valence-corrected chi connectivity index (χ4v) is 1.18. The van der Waals surface area contributed by atoms with Gasteiger partial charge in [0.1, 0.15) is 0 Å². The molecule has 8 heavy (non-hydrogen) atoms. The second-order valence-corrected chi connectivity index (χ2v) is 2.33. The third-order valence-corrected chi connectivity index (χ3v) is 1.55. The van der Waals surface area contributed by atoms with Gasteiger partial charge in [-0.2, -0.15) is 0 Å². The van der Waals surface area contributed by atoms with Gasteiger partial charge in [-0.1, -0.05) is 5.92 Å². The average Bonchev–Trinajstić information content (AvgIpc) is 2.19. The van der Waals surface area contributed by atoms with Gasteiger partial charge in [0, 0.05) is 28.4 Å². The van der Waals surface area contributed by atoms with Gasteiger partial charge in [-0.05, 0) is 17.8 Å². The molecule has 1 saturated heterocycles. The molecule has 0 aliphatic carbocycles. The van der Waals surface area contributed by atoms with Crippen LogP contribution in [0.3, 0.4) is 0 Å². The molecule has 44 valence electrons. The first kappa shape index (κ1) is 6.12. The Hall–Kier alpha value is 0.00000000000000000694. The first-order valence-corrected chi connectivity index (χ1v) is 3.54. The second kappa shape index (κ2) is 3.11. The quantitative estimate of drug-likeness (QED) is 0.539. The molecule has 0 bridgehead atoms. The van der Waals surface area contributed by atoms with Crippen molar-refractivity contribution in [2.24, 2.45) is 5.92 Å². The van der Waals surface area contributed by atoms with E-state index in [1.165, 1.54) is 6.42 Å². The Morgan fingerprint density at radius 3 is 3.00 bits per heavy atom. The van der Waals surface area contributed by atoms with Crippen molar-refractivity contribution < 1.29 is 0 Å². The molecule has 1 atom stereocenters. The van der Waals surface area contributed by atoms with Crippen molar-refractivity contribution in [2.75, 3.05) is 13.1 Å². The second-order valence-electron chi connectivity index (χ2n) is 1.93. The molecular weight excluding hydrogens is 166 g/mol. The fourth-order valence-electron chi connectivity index (χ4n) is 0.855. The van der Waals surface area contributed by atoms with Crippen molar-refractivity contribution >= 4 is 15.9 Å². The van der Waals surface area contributed by atoms with Gasteiger partial charge in [0.05, 0.1) is 0 Å². The lowest BCUT2D eigenvalue weighted by Gasteiger charge is -1.91. The van der Waals surface area contributed by atoms with Crippen molar-refractivity contribution in [2.45, 2.75) is 6.42 Å². The van der Waals surface area contributed by atoms with E-state index < -0.39 is 0 Å². The third kappa shape index (κ3) is 1.50. The average molecular weight is 174 g/mol. The van der Waals surface area contributed by atoms with E-state index in [0.717, 1.165) is 13.1 Å². The van der Waals surface area contributed by atoms with E-state index >= 15 is 0 Å². The van der Waals surface area contributed by atoms with Gasteiger partial charge in [-0.3, -0.25) is 0 Å². The highest BCUT2D eigenvalue weighted by Crippen LogP contribution is 2.04. The van der Waals surface area contributed by atoms with E-state index in [2.05, 4.69) is 32.0 Å². The first-order chi connectivity index (χ1) is 3.93. The van der Waals surface area contributed by atoms with Crippen LogP contribution in [0.15, 0.2) is 0 Å². The van der Waals surface area contributed by atoms with Crippen molar-refractivity contribution in [1.29, 1.82) is 0 Å². The van der Waals surface area contributed by atoms with E-state index in [9.17, 15) is 0 Å². The summed E-state index contributed by atoms with van der Waals surface area (Å²) in [5, 5.41) is 3.23. The highest BCUT2D eigenvalue weighted by Gasteiger charge is 2.09. The zero-order valence-electron chi connectivity index (χ0n) is 4.58. The van der Waals surface area contributed by atoms with Crippen LogP contribution in [0.2, 0.25) is 0 Å². The standard InChI is InChI=1S/C6H8BrN/c7-3-1-6-2-4-8-5-6/h6,8H,2,4-5H2. The van der Waals surface area contributed by atoms with Gasteiger partial charge in [-0.15, -0.1) is 0 Å². The van der Waals surface area contributed by atoms with Crippen molar-refractivity contribution in [3.8, 4) is 10.8 Å². The normalized spacial score (nSPS) is 26.9. The van der Waals surface area contributed by atoms with Gasteiger partial charge >= 0.3 is 0 Å². The lowest BCUT2D eigenvalue weighted by atomic mass is 10.1. The molecule has 1 unspecified atom stereocenters. The summed E-state index contributed by atoms with van der Waals surface area (Å²) in [6, 6.07) is 0. The fraction of sp³-hybridized carbons (Fsp3) is 0.667. The molecule has 0 radical (unpaired) electrons. The van der Waals surface area contributed by atoms with Crippen LogP contribution < -0.4 is 5.32 Å². The zero-order valence-corrected chi connectivity index (χ0v) is 6.16. The van der Waals surface area contributed by atoms with Crippen molar-refractivity contribution in [1.82, 2.24) is 5.32 Å². The molecule has 1 fully saturated rings. The van der Waals surface area contributed by atoms with Crippen LogP contribution in [0.4, 0.5) is 0 Å². The minimum absolute atomic E-state index is 0.592. The van der Waals surface area contributed by atoms with Gasteiger partial charge in [0.25, 0.3) is 0 Å². The van der Waals surface area contributed by atoms with Gasteiger partial charge in [-0.25, -0.2) is 0 Å². The molecule has 0 amide bonds. The van der Waals surface area contributed by atoms with E-state index in [4.69, 9.17) is 0 Å². The Kier molecular flexibility index (Phi) is 2.38. The van der Waals surface area contributed by atoms with Crippen LogP contribution in [0, 0.1) is 16.7 Å². The molecule has 2 heteroatoms. The Balaban J connectivity index is 2.32. The van der Waals surface area contributed by atoms with Crippen LogP contribution >= 0.6 is 15.9 Å². The summed E-state index contributed by atoms with van der Waals surface area (Å²) in [7, 11) is 0. The molecule has 0 aromatic carbocycles. The molecule has 1 nitrogen and oxygen atoms in total. The summed E-state index contributed by atoms with van der Waals surface area (Å²) in [5.74, 6) is 3.64. The van der Waals surface area contributed by atoms with Crippen molar-refractivity contribution in [3.05, 3.63) is 0 Å². The Labute approximate surface area is 58.0 Å². The molecule has 1 N–H and O–H groups in total. The molecule has 0 saturated carbocycles. The number of halogens is 1. The Bertz CT molecular complexity index is 116. The summed E-state index contributed by atoms with van der Waals surface area (Å²) in [4.78, 5) is 2.73. The molecule has 1 aliphatic heterocycles. The molecule has 0 aromatic heterocycles. The van der Waals surface area contributed by atoms with E-state index in [1.54, 1.807) is 0 Å². The summed E-state index contributed by atoms with van der Waals surface area (Å²) in [6.07, 6.45) is 1.21. The van der Waals surface area contributed by atoms with Crippen LogP contribution in [-0.4, -0.2) is 13.1 Å². The van der Waals surface area contributed by atoms with Gasteiger partial charge in [0.2, 0.25) is 0 Å². The summed E-state index contributed by atoms with van der Waals surface area (Å²) >= 11 is 3.07. The van der Waals surface area contributed by atoms with Crippen LogP contribution in [0.25, 0.3) is 0 Å². The highest BCUT2D eigenvalue weighted by atomic mass is 79.9. The van der Waals surface area contributed by atoms with E-state index in [-0.39, 0.29) is 0 Å². The Morgan fingerprint density at radius 2 is 2.50 bits per heavy atom. The third-order valence-electron chi connectivity index (χ3n) is 1.32. The monoisotopic (exact) mass is 173 g/mol.